The van der Waals surface area contributed by atoms with Gasteiger partial charge in [-0.2, -0.15) is 0 Å². The molecule has 0 saturated heterocycles. The molecule has 3 heteroatoms. The third-order valence-corrected chi connectivity index (χ3v) is 2.38. The molecule has 0 aromatic heterocycles. The number of aliphatic imine (C=N–C) groups is 1. The first-order valence-electron chi connectivity index (χ1n) is 3.51. The third kappa shape index (κ3) is 3.81. The van der Waals surface area contributed by atoms with Crippen LogP contribution in [0.5, 0.6) is 0 Å². The van der Waals surface area contributed by atoms with E-state index in [2.05, 4.69) is 11.2 Å². The van der Waals surface area contributed by atoms with Gasteiger partial charge in [0.25, 0.3) is 0 Å². The first kappa shape index (κ1) is 10.8. The van der Waals surface area contributed by atoms with Crippen molar-refractivity contribution in [1.29, 1.82) is 0 Å². The Bertz CT molecular complexity index is 114. The highest BCUT2D eigenvalue weighted by atomic mass is 127. The van der Waals surface area contributed by atoms with Crippen molar-refractivity contribution in [2.75, 3.05) is 12.8 Å². The maximum absolute atomic E-state index is 4.42. The van der Waals surface area contributed by atoms with Crippen molar-refractivity contribution < 1.29 is 0 Å². The first-order chi connectivity index (χ1) is 4.43. The lowest BCUT2D eigenvalue weighted by Gasteiger charge is -1.95. The van der Waals surface area contributed by atoms with Gasteiger partial charge in [-0.15, -0.1) is 35.7 Å². The molecule has 60 valence electrons. The number of hydrogen-bond acceptors (Lipinski definition) is 2. The molecule has 1 aliphatic rings. The highest BCUT2D eigenvalue weighted by Crippen LogP contribution is 2.13. The van der Waals surface area contributed by atoms with Gasteiger partial charge in [0.15, 0.2) is 0 Å². The van der Waals surface area contributed by atoms with Gasteiger partial charge in [-0.3, -0.25) is 4.99 Å². The zero-order valence-electron chi connectivity index (χ0n) is 6.30. The fraction of sp³-hybridized carbons (Fsp3) is 0.857. The predicted octanol–water partition coefficient (Wildman–Crippen LogP) is 2.94. The van der Waals surface area contributed by atoms with Crippen LogP contribution in [-0.4, -0.2) is 17.8 Å². The number of nitrogens with zero attached hydrogens (tertiary/aromatic N) is 1. The maximum Gasteiger partial charge on any atom is 0.0673 e. The molecule has 0 aromatic carbocycles. The molecule has 0 aliphatic carbocycles. The van der Waals surface area contributed by atoms with Gasteiger partial charge in [0.05, 0.1) is 5.04 Å². The van der Waals surface area contributed by atoms with Crippen LogP contribution in [0.2, 0.25) is 0 Å². The monoisotopic (exact) mass is 271 g/mol. The molecule has 0 amide bonds. The first-order valence-corrected chi connectivity index (χ1v) is 4.73. The van der Waals surface area contributed by atoms with E-state index in [0.29, 0.717) is 0 Å². The van der Waals surface area contributed by atoms with E-state index in [4.69, 9.17) is 0 Å². The van der Waals surface area contributed by atoms with Crippen LogP contribution in [0.25, 0.3) is 0 Å². The van der Waals surface area contributed by atoms with Crippen molar-refractivity contribution in [2.45, 2.75) is 25.7 Å². The van der Waals surface area contributed by atoms with E-state index in [-0.39, 0.29) is 24.0 Å². The van der Waals surface area contributed by atoms with Crippen molar-refractivity contribution in [3.05, 3.63) is 0 Å². The van der Waals surface area contributed by atoms with Crippen LogP contribution < -0.4 is 0 Å². The van der Waals surface area contributed by atoms with E-state index in [1.165, 1.54) is 30.7 Å². The summed E-state index contributed by atoms with van der Waals surface area (Å²) in [7, 11) is 0. The van der Waals surface area contributed by atoms with E-state index in [9.17, 15) is 0 Å². The number of halogens is 1. The Morgan fingerprint density at radius 1 is 1.30 bits per heavy atom. The summed E-state index contributed by atoms with van der Waals surface area (Å²) in [5, 5.41) is 1.35. The molecule has 0 unspecified atom stereocenters. The van der Waals surface area contributed by atoms with Crippen molar-refractivity contribution in [3.8, 4) is 0 Å². The summed E-state index contributed by atoms with van der Waals surface area (Å²) in [4.78, 5) is 4.42. The van der Waals surface area contributed by atoms with Crippen LogP contribution in [0, 0.1) is 0 Å². The summed E-state index contributed by atoms with van der Waals surface area (Å²) < 4.78 is 0. The Morgan fingerprint density at radius 3 is 2.80 bits per heavy atom. The minimum Gasteiger partial charge on any atom is -0.283 e. The molecule has 0 saturated carbocycles. The zero-order chi connectivity index (χ0) is 6.53. The van der Waals surface area contributed by atoms with Crippen LogP contribution in [0.3, 0.4) is 0 Å². The molecule has 10 heavy (non-hydrogen) atoms. The van der Waals surface area contributed by atoms with Gasteiger partial charge in [0.1, 0.15) is 0 Å². The van der Waals surface area contributed by atoms with Crippen molar-refractivity contribution >= 4 is 40.8 Å². The molecule has 0 spiro atoms. The molecule has 1 nitrogen and oxygen atoms in total. The van der Waals surface area contributed by atoms with Crippen LogP contribution in [0.15, 0.2) is 4.99 Å². The van der Waals surface area contributed by atoms with Crippen molar-refractivity contribution in [2.24, 2.45) is 4.99 Å². The average Bonchev–Trinajstić information content (AvgIpc) is 2.13. The second kappa shape index (κ2) is 6.46. The standard InChI is InChI=1S/C7H13NS.HI/c1-9-7-5-3-2-4-6-8-7;/h2-6H2,1H3;1H. The molecule has 0 aromatic rings. The van der Waals surface area contributed by atoms with E-state index < -0.39 is 0 Å². The lowest BCUT2D eigenvalue weighted by Crippen LogP contribution is -1.88. The summed E-state index contributed by atoms with van der Waals surface area (Å²) in [6, 6.07) is 0. The van der Waals surface area contributed by atoms with Crippen LogP contribution >= 0.6 is 35.7 Å². The van der Waals surface area contributed by atoms with Crippen molar-refractivity contribution in [3.63, 3.8) is 0 Å². The number of rotatable bonds is 0. The Morgan fingerprint density at radius 2 is 2.10 bits per heavy atom. The van der Waals surface area contributed by atoms with Gasteiger partial charge < -0.3 is 0 Å². The Hall–Kier alpha value is 0.750. The van der Waals surface area contributed by atoms with Crippen LogP contribution in [0.4, 0.5) is 0 Å². The molecular formula is C7H14INS. The lowest BCUT2D eigenvalue weighted by atomic mass is 10.2. The van der Waals surface area contributed by atoms with E-state index in [1.54, 1.807) is 0 Å². The molecular weight excluding hydrogens is 257 g/mol. The highest BCUT2D eigenvalue weighted by molar-refractivity contribution is 14.0. The second-order valence-electron chi connectivity index (χ2n) is 2.29. The lowest BCUT2D eigenvalue weighted by molar-refractivity contribution is 0.732. The highest BCUT2D eigenvalue weighted by Gasteiger charge is 2.00. The summed E-state index contributed by atoms with van der Waals surface area (Å²) in [6.45, 7) is 1.07. The minimum absolute atomic E-state index is 0. The predicted molar refractivity (Wildman–Crippen MR) is 59.7 cm³/mol. The fourth-order valence-corrected chi connectivity index (χ4v) is 1.58. The molecule has 0 N–H and O–H groups in total. The summed E-state index contributed by atoms with van der Waals surface area (Å²) in [6.07, 6.45) is 7.35. The van der Waals surface area contributed by atoms with Crippen LogP contribution in [-0.2, 0) is 0 Å². The van der Waals surface area contributed by atoms with E-state index in [1.807, 2.05) is 11.8 Å². The van der Waals surface area contributed by atoms with E-state index >= 15 is 0 Å². The molecule has 0 atom stereocenters. The largest absolute Gasteiger partial charge is 0.283 e. The summed E-state index contributed by atoms with van der Waals surface area (Å²) in [5.74, 6) is 0. The summed E-state index contributed by atoms with van der Waals surface area (Å²) >= 11 is 1.81. The molecule has 1 heterocycles. The van der Waals surface area contributed by atoms with Gasteiger partial charge in [-0.1, -0.05) is 6.42 Å². The summed E-state index contributed by atoms with van der Waals surface area (Å²) in [5.41, 5.74) is 0. The topological polar surface area (TPSA) is 12.4 Å². The molecule has 0 fully saturated rings. The van der Waals surface area contributed by atoms with Gasteiger partial charge in [-0.05, 0) is 25.5 Å². The van der Waals surface area contributed by atoms with Gasteiger partial charge in [-0.25, -0.2) is 0 Å². The Kier molecular flexibility index (Phi) is 6.94. The molecule has 1 rings (SSSR count). The normalized spacial score (nSPS) is 18.7. The van der Waals surface area contributed by atoms with Gasteiger partial charge >= 0.3 is 0 Å². The van der Waals surface area contributed by atoms with E-state index in [0.717, 1.165) is 6.54 Å². The average molecular weight is 271 g/mol. The quantitative estimate of drug-likeness (QED) is 0.617. The number of hydrogen-bond donors (Lipinski definition) is 0. The zero-order valence-corrected chi connectivity index (χ0v) is 9.45. The smallest absolute Gasteiger partial charge is 0.0673 e. The minimum atomic E-state index is 0. The van der Waals surface area contributed by atoms with Crippen LogP contribution in [0.1, 0.15) is 25.7 Å². The second-order valence-corrected chi connectivity index (χ2v) is 3.17. The maximum atomic E-state index is 4.42. The Balaban J connectivity index is 0.000000810. The van der Waals surface area contributed by atoms with Crippen molar-refractivity contribution in [1.82, 2.24) is 0 Å². The SMILES string of the molecule is CSC1=NCCCCC1.I. The Labute approximate surface area is 84.1 Å². The molecule has 0 radical (unpaired) electrons. The van der Waals surface area contributed by atoms with Gasteiger partial charge in [0, 0.05) is 6.54 Å². The van der Waals surface area contributed by atoms with Gasteiger partial charge in [0.2, 0.25) is 0 Å². The molecule has 1 aliphatic heterocycles. The fourth-order valence-electron chi connectivity index (χ4n) is 1.01. The third-order valence-electron chi connectivity index (χ3n) is 1.57. The molecule has 0 bridgehead atoms. The number of thioether (sulfide) groups is 1.